The van der Waals surface area contributed by atoms with Gasteiger partial charge in [0.25, 0.3) is 0 Å². The van der Waals surface area contributed by atoms with Crippen LogP contribution in [0.3, 0.4) is 0 Å². The molecule has 4 rings (SSSR count). The minimum atomic E-state index is -0.173. The number of carbonyl (C=O) groups is 1. The molecule has 0 bridgehead atoms. The molecule has 1 aliphatic heterocycles. The molecule has 6 nitrogen and oxygen atoms in total. The normalized spacial score (nSPS) is 15.7. The van der Waals surface area contributed by atoms with Crippen molar-refractivity contribution in [3.05, 3.63) is 38.9 Å². The second kappa shape index (κ2) is 8.54. The Morgan fingerprint density at radius 3 is 2.93 bits per heavy atom. The van der Waals surface area contributed by atoms with Crippen LogP contribution in [0.5, 0.6) is 0 Å². The number of fused-ring (bicyclic) bond motifs is 2. The highest BCUT2D eigenvalue weighted by atomic mass is 32.2. The van der Waals surface area contributed by atoms with E-state index in [1.807, 2.05) is 6.07 Å². The van der Waals surface area contributed by atoms with Crippen molar-refractivity contribution in [3.63, 3.8) is 0 Å². The highest BCUT2D eigenvalue weighted by molar-refractivity contribution is 8.00. The topological polar surface area (TPSA) is 92.8 Å². The van der Waals surface area contributed by atoms with Crippen LogP contribution in [0.1, 0.15) is 45.7 Å². The summed E-state index contributed by atoms with van der Waals surface area (Å²) in [6.07, 6.45) is 4.98. The maximum absolute atomic E-state index is 12.5. The monoisotopic (exact) mass is 423 g/mol. The van der Waals surface area contributed by atoms with Gasteiger partial charge in [-0.25, -0.2) is 4.98 Å². The fourth-order valence-electron chi connectivity index (χ4n) is 3.85. The van der Waals surface area contributed by atoms with E-state index in [2.05, 4.69) is 34.4 Å². The van der Waals surface area contributed by atoms with Gasteiger partial charge in [0.05, 0.1) is 16.9 Å². The van der Waals surface area contributed by atoms with E-state index < -0.39 is 0 Å². The van der Waals surface area contributed by atoms with E-state index in [9.17, 15) is 15.3 Å². The zero-order valence-electron chi connectivity index (χ0n) is 16.2. The molecule has 0 radical (unpaired) electrons. The fraction of sp³-hybridized carbons (Fsp3) is 0.429. The number of nitrogens with one attached hydrogen (secondary N) is 1. The molecule has 0 saturated carbocycles. The lowest BCUT2D eigenvalue weighted by molar-refractivity contribution is -0.113. The molecule has 8 heteroatoms. The number of aryl methyl sites for hydroxylation is 1. The number of likely N-dealkylation sites (N-methyl/N-ethyl adjacent to an activating group) is 1. The van der Waals surface area contributed by atoms with E-state index in [0.717, 1.165) is 62.0 Å². The number of nitriles is 2. The van der Waals surface area contributed by atoms with E-state index in [1.165, 1.54) is 28.0 Å². The highest BCUT2D eigenvalue weighted by Crippen LogP contribution is 2.37. The predicted octanol–water partition coefficient (Wildman–Crippen LogP) is 3.48. The van der Waals surface area contributed by atoms with Crippen molar-refractivity contribution in [2.45, 2.75) is 43.7 Å². The van der Waals surface area contributed by atoms with E-state index in [-0.39, 0.29) is 11.7 Å². The number of aromatic nitrogens is 1. The summed E-state index contributed by atoms with van der Waals surface area (Å²) >= 11 is 2.81. The fourth-order valence-corrected chi connectivity index (χ4v) is 5.88. The molecule has 1 aliphatic carbocycles. The zero-order valence-corrected chi connectivity index (χ0v) is 17.9. The minimum absolute atomic E-state index is 0.161. The highest BCUT2D eigenvalue weighted by Gasteiger charge is 2.22. The molecule has 1 N–H and O–H groups in total. The zero-order chi connectivity index (χ0) is 20.4. The summed E-state index contributed by atoms with van der Waals surface area (Å²) in [4.78, 5) is 20.6. The minimum Gasteiger partial charge on any atom is -0.316 e. The van der Waals surface area contributed by atoms with Gasteiger partial charge in [-0.3, -0.25) is 4.79 Å². The Hall–Kier alpha value is -2.39. The molecular weight excluding hydrogens is 402 g/mol. The van der Waals surface area contributed by atoms with Gasteiger partial charge in [-0.05, 0) is 49.9 Å². The Labute approximate surface area is 178 Å². The van der Waals surface area contributed by atoms with Crippen LogP contribution in [0.4, 0.5) is 5.00 Å². The van der Waals surface area contributed by atoms with Gasteiger partial charge in [-0.2, -0.15) is 10.5 Å². The first-order chi connectivity index (χ1) is 14.1. The van der Waals surface area contributed by atoms with Crippen molar-refractivity contribution in [1.29, 1.82) is 10.5 Å². The molecular formula is C21H21N5OS2. The van der Waals surface area contributed by atoms with Gasteiger partial charge in [0.2, 0.25) is 5.91 Å². The Bertz CT molecular complexity index is 1050. The summed E-state index contributed by atoms with van der Waals surface area (Å²) in [5, 5.41) is 23.2. The molecule has 0 fully saturated rings. The Morgan fingerprint density at radius 2 is 2.14 bits per heavy atom. The predicted molar refractivity (Wildman–Crippen MR) is 114 cm³/mol. The molecule has 0 atom stereocenters. The van der Waals surface area contributed by atoms with Gasteiger partial charge in [-0.15, -0.1) is 11.3 Å². The van der Waals surface area contributed by atoms with E-state index in [1.54, 1.807) is 0 Å². The molecule has 1 amide bonds. The molecule has 0 aromatic carbocycles. The number of hydrogen-bond acceptors (Lipinski definition) is 7. The lowest BCUT2D eigenvalue weighted by Gasteiger charge is -2.24. The summed E-state index contributed by atoms with van der Waals surface area (Å²) in [5.41, 5.74) is 4.35. The third-order valence-electron chi connectivity index (χ3n) is 5.32. The van der Waals surface area contributed by atoms with E-state index >= 15 is 0 Å². The number of nitrogens with zero attached hydrogens (tertiary/aromatic N) is 4. The third-order valence-corrected chi connectivity index (χ3v) is 7.52. The molecule has 2 aliphatic rings. The number of thiophene rings is 1. The van der Waals surface area contributed by atoms with Gasteiger partial charge < -0.3 is 10.2 Å². The number of rotatable bonds is 4. The summed E-state index contributed by atoms with van der Waals surface area (Å²) in [6.45, 7) is 1.74. The van der Waals surface area contributed by atoms with Crippen molar-refractivity contribution < 1.29 is 4.79 Å². The summed E-state index contributed by atoms with van der Waals surface area (Å²) in [7, 11) is 2.06. The smallest absolute Gasteiger partial charge is 0.235 e. The average Bonchev–Trinajstić information content (AvgIpc) is 3.08. The maximum Gasteiger partial charge on any atom is 0.235 e. The Morgan fingerprint density at radius 1 is 1.31 bits per heavy atom. The standard InChI is InChI=1S/C21H21N5OS2/c1-26-7-6-17-14(11-26)8-13(9-22)20(24-17)28-12-19(27)25-21-16(10-23)15-4-2-3-5-18(15)29-21/h8H,2-7,11-12H2,1H3,(H,25,27). The first-order valence-corrected chi connectivity index (χ1v) is 11.5. The van der Waals surface area contributed by atoms with Crippen LogP contribution in [0.2, 0.25) is 0 Å². The number of thioether (sulfide) groups is 1. The number of pyridine rings is 1. The Balaban J connectivity index is 1.46. The number of anilines is 1. The van der Waals surface area contributed by atoms with Crippen molar-refractivity contribution in [2.75, 3.05) is 24.7 Å². The van der Waals surface area contributed by atoms with Gasteiger partial charge in [0.15, 0.2) is 0 Å². The summed E-state index contributed by atoms with van der Waals surface area (Å²) in [6, 6.07) is 6.38. The van der Waals surface area contributed by atoms with Crippen molar-refractivity contribution in [2.24, 2.45) is 0 Å². The number of amides is 1. The first-order valence-electron chi connectivity index (χ1n) is 9.67. The van der Waals surface area contributed by atoms with Crippen molar-refractivity contribution in [3.8, 4) is 12.1 Å². The molecule has 29 heavy (non-hydrogen) atoms. The lowest BCUT2D eigenvalue weighted by atomic mass is 9.96. The largest absolute Gasteiger partial charge is 0.316 e. The van der Waals surface area contributed by atoms with Crippen LogP contribution in [-0.4, -0.2) is 35.1 Å². The number of carbonyl (C=O) groups excluding carboxylic acids is 1. The van der Waals surface area contributed by atoms with Crippen LogP contribution in [0.25, 0.3) is 0 Å². The van der Waals surface area contributed by atoms with Crippen LogP contribution in [-0.2, 0) is 30.6 Å². The average molecular weight is 424 g/mol. The number of hydrogen-bond donors (Lipinski definition) is 1. The lowest BCUT2D eigenvalue weighted by Crippen LogP contribution is -2.27. The van der Waals surface area contributed by atoms with Gasteiger partial charge in [0.1, 0.15) is 22.2 Å². The van der Waals surface area contributed by atoms with Crippen LogP contribution in [0, 0.1) is 22.7 Å². The van der Waals surface area contributed by atoms with Gasteiger partial charge in [-0.1, -0.05) is 11.8 Å². The third kappa shape index (κ3) is 4.16. The van der Waals surface area contributed by atoms with E-state index in [0.29, 0.717) is 21.2 Å². The second-order valence-corrected chi connectivity index (χ2v) is 9.48. The summed E-state index contributed by atoms with van der Waals surface area (Å²) < 4.78 is 0. The molecule has 0 unspecified atom stereocenters. The summed E-state index contributed by atoms with van der Waals surface area (Å²) in [5.74, 6) is -0.0124. The molecule has 2 aromatic rings. The van der Waals surface area contributed by atoms with Crippen molar-refractivity contribution in [1.82, 2.24) is 9.88 Å². The van der Waals surface area contributed by atoms with Crippen LogP contribution >= 0.6 is 23.1 Å². The first kappa shape index (κ1) is 19.9. The molecule has 0 saturated heterocycles. The van der Waals surface area contributed by atoms with Crippen molar-refractivity contribution >= 4 is 34.0 Å². The van der Waals surface area contributed by atoms with Crippen LogP contribution < -0.4 is 5.32 Å². The van der Waals surface area contributed by atoms with Gasteiger partial charge >= 0.3 is 0 Å². The maximum atomic E-state index is 12.5. The molecule has 3 heterocycles. The van der Waals surface area contributed by atoms with Gasteiger partial charge in [0, 0.05) is 30.1 Å². The molecule has 0 spiro atoms. The second-order valence-electron chi connectivity index (χ2n) is 7.41. The SMILES string of the molecule is CN1CCc2nc(SCC(=O)Nc3sc4c(c3C#N)CCCC4)c(C#N)cc2C1. The quantitative estimate of drug-likeness (QED) is 0.757. The Kier molecular flexibility index (Phi) is 5.86. The molecule has 2 aromatic heterocycles. The molecule has 148 valence electrons. The van der Waals surface area contributed by atoms with E-state index in [4.69, 9.17) is 0 Å². The van der Waals surface area contributed by atoms with Crippen LogP contribution in [0.15, 0.2) is 11.1 Å².